The molecule has 2 atom stereocenters. The molecule has 24 heavy (non-hydrogen) atoms. The van der Waals surface area contributed by atoms with Gasteiger partial charge in [0.2, 0.25) is 0 Å². The van der Waals surface area contributed by atoms with Crippen LogP contribution in [0, 0.1) is 0 Å². The standard InChI is InChI=1S/C16H34NO6P/c1-6-8-9-12-21-16(14-20-11-7-2)15-23-24(18,19)22-13-10-17(3,4)5/h7,16H,2,6,8-15H2,1,3-5H3/t16-/m1/s1. The third kappa shape index (κ3) is 15.3. The summed E-state index contributed by atoms with van der Waals surface area (Å²) in [4.78, 5) is 11.8. The fourth-order valence-electron chi connectivity index (χ4n) is 1.67. The van der Waals surface area contributed by atoms with Crippen LogP contribution in [0.3, 0.4) is 0 Å². The Labute approximate surface area is 146 Å². The molecule has 0 amide bonds. The summed E-state index contributed by atoms with van der Waals surface area (Å²) in [6, 6.07) is 0. The normalized spacial score (nSPS) is 15.9. The summed E-state index contributed by atoms with van der Waals surface area (Å²) in [5.41, 5.74) is 0. The molecule has 0 radical (unpaired) electrons. The summed E-state index contributed by atoms with van der Waals surface area (Å²) in [6.07, 6.45) is 4.25. The van der Waals surface area contributed by atoms with E-state index in [4.69, 9.17) is 18.5 Å². The molecule has 144 valence electrons. The maximum atomic E-state index is 11.8. The summed E-state index contributed by atoms with van der Waals surface area (Å²) in [7, 11) is 1.53. The fourth-order valence-corrected chi connectivity index (χ4v) is 2.40. The first-order valence-corrected chi connectivity index (χ1v) is 9.87. The Morgan fingerprint density at radius 3 is 2.46 bits per heavy atom. The Kier molecular flexibility index (Phi) is 12.9. The van der Waals surface area contributed by atoms with Gasteiger partial charge < -0.3 is 27.9 Å². The number of unbranched alkanes of at least 4 members (excludes halogenated alkanes) is 2. The molecule has 0 N–H and O–H groups in total. The topological polar surface area (TPSA) is 77.1 Å². The number of quaternary nitrogens is 1. The summed E-state index contributed by atoms with van der Waals surface area (Å²) in [6.45, 7) is 7.38. The molecule has 0 aliphatic rings. The van der Waals surface area contributed by atoms with Gasteiger partial charge in [-0.1, -0.05) is 25.8 Å². The molecule has 0 heterocycles. The molecule has 0 fully saturated rings. The van der Waals surface area contributed by atoms with Crippen molar-refractivity contribution in [2.75, 3.05) is 60.7 Å². The molecule has 0 aromatic carbocycles. The van der Waals surface area contributed by atoms with Gasteiger partial charge in [-0.15, -0.1) is 6.58 Å². The average Bonchev–Trinajstić information content (AvgIpc) is 2.47. The van der Waals surface area contributed by atoms with Gasteiger partial charge in [-0.2, -0.15) is 0 Å². The zero-order chi connectivity index (χ0) is 18.5. The highest BCUT2D eigenvalue weighted by Gasteiger charge is 2.17. The molecule has 0 saturated heterocycles. The molecule has 0 bridgehead atoms. The largest absolute Gasteiger partial charge is 0.756 e. The first kappa shape index (κ1) is 23.7. The van der Waals surface area contributed by atoms with E-state index in [0.29, 0.717) is 24.2 Å². The number of hydrogen-bond donors (Lipinski definition) is 0. The molecule has 0 spiro atoms. The van der Waals surface area contributed by atoms with Crippen molar-refractivity contribution >= 4 is 7.82 Å². The highest BCUT2D eigenvalue weighted by molar-refractivity contribution is 7.45. The van der Waals surface area contributed by atoms with E-state index in [-0.39, 0.29) is 19.8 Å². The van der Waals surface area contributed by atoms with Crippen molar-refractivity contribution in [2.24, 2.45) is 0 Å². The van der Waals surface area contributed by atoms with Crippen LogP contribution in [0.2, 0.25) is 0 Å². The van der Waals surface area contributed by atoms with Gasteiger partial charge in [0.15, 0.2) is 0 Å². The highest BCUT2D eigenvalue weighted by atomic mass is 31.2. The number of ether oxygens (including phenoxy) is 2. The minimum atomic E-state index is -4.33. The van der Waals surface area contributed by atoms with E-state index in [1.54, 1.807) is 6.08 Å². The van der Waals surface area contributed by atoms with Gasteiger partial charge in [-0.3, -0.25) is 4.57 Å². The van der Waals surface area contributed by atoms with Crippen LogP contribution >= 0.6 is 7.82 Å². The van der Waals surface area contributed by atoms with Gasteiger partial charge in [0, 0.05) is 6.61 Å². The van der Waals surface area contributed by atoms with Crippen LogP contribution in [-0.4, -0.2) is 71.3 Å². The molecule has 0 saturated carbocycles. The van der Waals surface area contributed by atoms with E-state index >= 15 is 0 Å². The molecular formula is C16H34NO6P. The molecule has 0 aliphatic carbocycles. The monoisotopic (exact) mass is 367 g/mol. The van der Waals surface area contributed by atoms with E-state index in [1.807, 2.05) is 21.1 Å². The molecule has 1 unspecified atom stereocenters. The SMILES string of the molecule is C=CCOC[C@H](COP(=O)([O-])OCC[N+](C)(C)C)OCCCCC. The molecule has 0 aromatic rings. The number of phosphoric ester groups is 1. The van der Waals surface area contributed by atoms with Crippen molar-refractivity contribution in [3.8, 4) is 0 Å². The quantitative estimate of drug-likeness (QED) is 0.180. The lowest BCUT2D eigenvalue weighted by molar-refractivity contribution is -0.870. The number of phosphoric acid groups is 1. The van der Waals surface area contributed by atoms with E-state index in [0.717, 1.165) is 19.3 Å². The second-order valence-electron chi connectivity index (χ2n) is 6.62. The van der Waals surface area contributed by atoms with Gasteiger partial charge in [0.25, 0.3) is 7.82 Å². The molecule has 0 aromatic heterocycles. The van der Waals surface area contributed by atoms with Crippen LogP contribution in [0.15, 0.2) is 12.7 Å². The number of hydrogen-bond acceptors (Lipinski definition) is 6. The van der Waals surface area contributed by atoms with Crippen LogP contribution in [0.5, 0.6) is 0 Å². The highest BCUT2D eigenvalue weighted by Crippen LogP contribution is 2.38. The van der Waals surface area contributed by atoms with Crippen molar-refractivity contribution in [3.05, 3.63) is 12.7 Å². The van der Waals surface area contributed by atoms with Gasteiger partial charge in [0.05, 0.1) is 41.0 Å². The molecule has 8 heteroatoms. The molecular weight excluding hydrogens is 333 g/mol. The van der Waals surface area contributed by atoms with E-state index in [9.17, 15) is 9.46 Å². The third-order valence-corrected chi connectivity index (χ3v) is 4.04. The predicted molar refractivity (Wildman–Crippen MR) is 92.7 cm³/mol. The lowest BCUT2D eigenvalue weighted by Crippen LogP contribution is -2.37. The zero-order valence-electron chi connectivity index (χ0n) is 15.6. The second-order valence-corrected chi connectivity index (χ2v) is 8.03. The molecule has 7 nitrogen and oxygen atoms in total. The van der Waals surface area contributed by atoms with Crippen molar-refractivity contribution < 1.29 is 32.5 Å². The van der Waals surface area contributed by atoms with Crippen molar-refractivity contribution in [2.45, 2.75) is 32.3 Å². The minimum absolute atomic E-state index is 0.0826. The van der Waals surface area contributed by atoms with E-state index in [1.165, 1.54) is 0 Å². The van der Waals surface area contributed by atoms with Crippen molar-refractivity contribution in [3.63, 3.8) is 0 Å². The Hall–Kier alpha value is -0.270. The lowest BCUT2D eigenvalue weighted by Gasteiger charge is -2.28. The number of rotatable bonds is 16. The van der Waals surface area contributed by atoms with Crippen molar-refractivity contribution in [1.29, 1.82) is 0 Å². The predicted octanol–water partition coefficient (Wildman–Crippen LogP) is 1.97. The van der Waals surface area contributed by atoms with Crippen LogP contribution in [-0.2, 0) is 23.1 Å². The smallest absolute Gasteiger partial charge is 0.268 e. The second kappa shape index (κ2) is 13.0. The average molecular weight is 367 g/mol. The lowest BCUT2D eigenvalue weighted by atomic mass is 10.3. The van der Waals surface area contributed by atoms with Crippen LogP contribution < -0.4 is 4.89 Å². The Morgan fingerprint density at radius 1 is 1.17 bits per heavy atom. The minimum Gasteiger partial charge on any atom is -0.756 e. The van der Waals surface area contributed by atoms with E-state index in [2.05, 4.69) is 13.5 Å². The summed E-state index contributed by atoms with van der Waals surface area (Å²) in [5.74, 6) is 0. The first-order chi connectivity index (χ1) is 11.2. The Bertz CT molecular complexity index is 372. The van der Waals surface area contributed by atoms with E-state index < -0.39 is 13.9 Å². The maximum absolute atomic E-state index is 11.8. The van der Waals surface area contributed by atoms with Gasteiger partial charge >= 0.3 is 0 Å². The van der Waals surface area contributed by atoms with Crippen LogP contribution in [0.1, 0.15) is 26.2 Å². The number of nitrogens with zero attached hydrogens (tertiary/aromatic N) is 1. The Balaban J connectivity index is 4.22. The first-order valence-electron chi connectivity index (χ1n) is 8.41. The molecule has 0 aliphatic heterocycles. The summed E-state index contributed by atoms with van der Waals surface area (Å²) in [5, 5.41) is 0. The van der Waals surface area contributed by atoms with Crippen LogP contribution in [0.4, 0.5) is 0 Å². The summed E-state index contributed by atoms with van der Waals surface area (Å²) < 4.78 is 33.2. The fraction of sp³-hybridized carbons (Fsp3) is 0.875. The van der Waals surface area contributed by atoms with Crippen LogP contribution in [0.25, 0.3) is 0 Å². The van der Waals surface area contributed by atoms with Gasteiger partial charge in [-0.05, 0) is 6.42 Å². The summed E-state index contributed by atoms with van der Waals surface area (Å²) >= 11 is 0. The van der Waals surface area contributed by atoms with Crippen molar-refractivity contribution in [1.82, 2.24) is 0 Å². The number of likely N-dealkylation sites (N-methyl/N-ethyl adjacent to an activating group) is 1. The Morgan fingerprint density at radius 2 is 1.88 bits per heavy atom. The zero-order valence-corrected chi connectivity index (χ0v) is 16.5. The maximum Gasteiger partial charge on any atom is 0.268 e. The van der Waals surface area contributed by atoms with Gasteiger partial charge in [0.1, 0.15) is 19.3 Å². The molecule has 0 rings (SSSR count). The third-order valence-electron chi connectivity index (χ3n) is 3.07. The van der Waals surface area contributed by atoms with Gasteiger partial charge in [-0.25, -0.2) is 0 Å².